The first-order valence-corrected chi connectivity index (χ1v) is 9.76. The Morgan fingerprint density at radius 1 is 1.29 bits per heavy atom. The fourth-order valence-electron chi connectivity index (χ4n) is 3.15. The summed E-state index contributed by atoms with van der Waals surface area (Å²) in [5.41, 5.74) is 0.0142. The quantitative estimate of drug-likeness (QED) is 0.704. The molecule has 0 bridgehead atoms. The molecule has 1 heterocycles. The topological polar surface area (TPSA) is 88.1 Å². The van der Waals surface area contributed by atoms with Gasteiger partial charge in [0.05, 0.1) is 25.2 Å². The lowest BCUT2D eigenvalue weighted by atomic mass is 9.90. The third kappa shape index (κ3) is 5.30. The van der Waals surface area contributed by atoms with E-state index in [1.807, 2.05) is 25.1 Å². The highest BCUT2D eigenvalue weighted by Gasteiger charge is 2.42. The van der Waals surface area contributed by atoms with Crippen molar-refractivity contribution in [2.75, 3.05) is 26.8 Å². The van der Waals surface area contributed by atoms with Crippen LogP contribution in [0.25, 0.3) is 0 Å². The molecular weight excluding hydrogens is 360 g/mol. The van der Waals surface area contributed by atoms with Crippen molar-refractivity contribution < 1.29 is 24.2 Å². The number of rotatable bonds is 8. The van der Waals surface area contributed by atoms with Gasteiger partial charge in [-0.2, -0.15) is 0 Å². The molecule has 2 atom stereocenters. The van der Waals surface area contributed by atoms with Crippen LogP contribution in [0.15, 0.2) is 18.2 Å². The summed E-state index contributed by atoms with van der Waals surface area (Å²) in [4.78, 5) is 25.5. The molecule has 156 valence electrons. The van der Waals surface area contributed by atoms with Gasteiger partial charge in [-0.3, -0.25) is 4.79 Å². The summed E-state index contributed by atoms with van der Waals surface area (Å²) >= 11 is 0. The van der Waals surface area contributed by atoms with E-state index in [-0.39, 0.29) is 18.6 Å². The predicted molar refractivity (Wildman–Crippen MR) is 107 cm³/mol. The van der Waals surface area contributed by atoms with Gasteiger partial charge in [-0.05, 0) is 50.3 Å². The summed E-state index contributed by atoms with van der Waals surface area (Å²) in [5.74, 6) is 1.01. The Kier molecular flexibility index (Phi) is 7.16. The number of carbonyl (C=O) groups is 2. The highest BCUT2D eigenvalue weighted by atomic mass is 16.5. The number of methoxy groups -OCH3 is 1. The molecular formula is C21H32N2O5. The average Bonchev–Trinajstić information content (AvgIpc) is 3.05. The predicted octanol–water partition coefficient (Wildman–Crippen LogP) is 3.69. The van der Waals surface area contributed by atoms with Crippen LogP contribution in [0.2, 0.25) is 0 Å². The molecule has 1 aliphatic heterocycles. The number of hydrogen-bond acceptors (Lipinski definition) is 4. The Hall–Kier alpha value is -2.44. The summed E-state index contributed by atoms with van der Waals surface area (Å²) in [6, 6.07) is 5.12. The van der Waals surface area contributed by atoms with Crippen molar-refractivity contribution in [2.45, 2.75) is 46.6 Å². The van der Waals surface area contributed by atoms with Crippen molar-refractivity contribution in [3.05, 3.63) is 23.8 Å². The van der Waals surface area contributed by atoms with Crippen molar-refractivity contribution in [3.8, 4) is 11.5 Å². The van der Waals surface area contributed by atoms with Crippen LogP contribution in [0, 0.1) is 11.3 Å². The van der Waals surface area contributed by atoms with Gasteiger partial charge in [-0.25, -0.2) is 4.79 Å². The molecule has 0 aliphatic carbocycles. The smallest absolute Gasteiger partial charge is 0.317 e. The van der Waals surface area contributed by atoms with Crippen LogP contribution >= 0.6 is 0 Å². The number of carboxylic acid groups (broad SMARTS) is 1. The molecule has 2 rings (SSSR count). The summed E-state index contributed by atoms with van der Waals surface area (Å²) in [6.45, 7) is 9.13. The van der Waals surface area contributed by atoms with Crippen LogP contribution in [0.3, 0.4) is 0 Å². The number of amides is 2. The Morgan fingerprint density at radius 2 is 2.00 bits per heavy atom. The number of nitrogens with zero attached hydrogens (tertiary/aromatic N) is 1. The van der Waals surface area contributed by atoms with E-state index in [9.17, 15) is 14.7 Å². The van der Waals surface area contributed by atoms with Gasteiger partial charge in [-0.1, -0.05) is 19.9 Å². The second kappa shape index (κ2) is 9.17. The first-order chi connectivity index (χ1) is 13.2. The van der Waals surface area contributed by atoms with E-state index >= 15 is 0 Å². The normalized spacial score (nSPS) is 20.1. The average molecular weight is 392 g/mol. The van der Waals surface area contributed by atoms with Crippen molar-refractivity contribution in [2.24, 2.45) is 11.3 Å². The van der Waals surface area contributed by atoms with Gasteiger partial charge >= 0.3 is 12.0 Å². The van der Waals surface area contributed by atoms with Crippen LogP contribution in [-0.4, -0.2) is 48.8 Å². The van der Waals surface area contributed by atoms with Crippen LogP contribution in [0.1, 0.15) is 52.1 Å². The molecule has 28 heavy (non-hydrogen) atoms. The van der Waals surface area contributed by atoms with E-state index in [4.69, 9.17) is 9.47 Å². The number of benzene rings is 1. The molecule has 1 aliphatic rings. The Labute approximate surface area is 167 Å². The fourth-order valence-corrected chi connectivity index (χ4v) is 3.15. The molecule has 1 aromatic rings. The zero-order valence-electron chi connectivity index (χ0n) is 17.4. The lowest BCUT2D eigenvalue weighted by Gasteiger charge is -2.23. The molecule has 2 unspecified atom stereocenters. The van der Waals surface area contributed by atoms with Gasteiger partial charge in [0.25, 0.3) is 0 Å². The lowest BCUT2D eigenvalue weighted by Crippen LogP contribution is -2.41. The third-order valence-electron chi connectivity index (χ3n) is 5.26. The number of nitrogens with one attached hydrogen (secondary N) is 1. The first kappa shape index (κ1) is 21.9. The van der Waals surface area contributed by atoms with E-state index in [0.29, 0.717) is 37.0 Å². The largest absolute Gasteiger partial charge is 0.493 e. The molecule has 0 aromatic heterocycles. The summed E-state index contributed by atoms with van der Waals surface area (Å²) < 4.78 is 11.2. The Balaban J connectivity index is 1.99. The molecule has 7 heteroatoms. The van der Waals surface area contributed by atoms with Gasteiger partial charge in [0.2, 0.25) is 0 Å². The maximum atomic E-state index is 12.5. The van der Waals surface area contributed by atoms with Gasteiger partial charge < -0.3 is 24.8 Å². The van der Waals surface area contributed by atoms with E-state index in [0.717, 1.165) is 12.0 Å². The second-order valence-electron chi connectivity index (χ2n) is 8.15. The van der Waals surface area contributed by atoms with E-state index in [1.165, 1.54) is 0 Å². The molecule has 2 amide bonds. The Bertz CT molecular complexity index is 706. The minimum Gasteiger partial charge on any atom is -0.493 e. The molecule has 1 aromatic carbocycles. The fraction of sp³-hybridized carbons (Fsp3) is 0.619. The highest BCUT2D eigenvalue weighted by molar-refractivity contribution is 5.79. The maximum absolute atomic E-state index is 12.5. The van der Waals surface area contributed by atoms with Crippen molar-refractivity contribution in [1.29, 1.82) is 0 Å². The van der Waals surface area contributed by atoms with E-state index < -0.39 is 11.4 Å². The number of likely N-dealkylation sites (tertiary alicyclic amines) is 1. The van der Waals surface area contributed by atoms with Crippen LogP contribution in [-0.2, 0) is 4.79 Å². The number of aliphatic carboxylic acids is 1. The summed E-state index contributed by atoms with van der Waals surface area (Å²) in [5, 5.41) is 12.3. The minimum absolute atomic E-state index is 0.215. The van der Waals surface area contributed by atoms with Gasteiger partial charge in [-0.15, -0.1) is 0 Å². The SMILES string of the molecule is COc1cc(C(C)NC(=O)N2CCC(C)(C(=O)O)C2)ccc1OCCC(C)C. The number of carbonyl (C=O) groups excluding carboxylic acids is 1. The van der Waals surface area contributed by atoms with Crippen molar-refractivity contribution in [1.82, 2.24) is 10.2 Å². The second-order valence-corrected chi connectivity index (χ2v) is 8.15. The minimum atomic E-state index is -0.876. The zero-order valence-corrected chi connectivity index (χ0v) is 17.4. The number of ether oxygens (including phenoxy) is 2. The molecule has 0 spiro atoms. The molecule has 0 radical (unpaired) electrons. The number of hydrogen-bond donors (Lipinski definition) is 2. The molecule has 1 fully saturated rings. The number of urea groups is 1. The number of carboxylic acids is 1. The molecule has 7 nitrogen and oxygen atoms in total. The van der Waals surface area contributed by atoms with Crippen molar-refractivity contribution in [3.63, 3.8) is 0 Å². The van der Waals surface area contributed by atoms with Crippen molar-refractivity contribution >= 4 is 12.0 Å². The van der Waals surface area contributed by atoms with Gasteiger partial charge in [0.1, 0.15) is 0 Å². The maximum Gasteiger partial charge on any atom is 0.317 e. The Morgan fingerprint density at radius 3 is 2.57 bits per heavy atom. The molecule has 2 N–H and O–H groups in total. The molecule has 0 saturated carbocycles. The van der Waals surface area contributed by atoms with Crippen LogP contribution in [0.4, 0.5) is 4.79 Å². The zero-order chi connectivity index (χ0) is 20.9. The standard InChI is InChI=1S/C21H32N2O5/c1-14(2)8-11-28-17-7-6-16(12-18(17)27-5)15(3)22-20(26)23-10-9-21(4,13-23)19(24)25/h6-7,12,14-15H,8-11,13H2,1-5H3,(H,22,26)(H,24,25). The summed E-state index contributed by atoms with van der Waals surface area (Å²) in [6.07, 6.45) is 1.42. The van der Waals surface area contributed by atoms with Crippen LogP contribution in [0.5, 0.6) is 11.5 Å². The molecule has 1 saturated heterocycles. The summed E-state index contributed by atoms with van der Waals surface area (Å²) in [7, 11) is 1.59. The van der Waals surface area contributed by atoms with Crippen LogP contribution < -0.4 is 14.8 Å². The third-order valence-corrected chi connectivity index (χ3v) is 5.26. The highest BCUT2D eigenvalue weighted by Crippen LogP contribution is 2.32. The van der Waals surface area contributed by atoms with Gasteiger partial charge in [0.15, 0.2) is 11.5 Å². The first-order valence-electron chi connectivity index (χ1n) is 9.76. The van der Waals surface area contributed by atoms with Gasteiger partial charge in [0, 0.05) is 13.1 Å². The van der Waals surface area contributed by atoms with E-state index in [2.05, 4.69) is 19.2 Å². The lowest BCUT2D eigenvalue weighted by molar-refractivity contribution is -0.147. The monoisotopic (exact) mass is 392 g/mol. The van der Waals surface area contributed by atoms with E-state index in [1.54, 1.807) is 18.9 Å².